The third-order valence-corrected chi connectivity index (χ3v) is 5.78. The average molecular weight is 266 g/mol. The van der Waals surface area contributed by atoms with Crippen LogP contribution in [-0.4, -0.2) is 50.3 Å². The molecule has 3 fully saturated rings. The van der Waals surface area contributed by atoms with Crippen LogP contribution < -0.4 is 5.32 Å². The van der Waals surface area contributed by atoms with Crippen molar-refractivity contribution in [3.8, 4) is 0 Å². The van der Waals surface area contributed by atoms with Gasteiger partial charge in [0, 0.05) is 25.2 Å². The zero-order valence-electron chi connectivity index (χ0n) is 12.6. The van der Waals surface area contributed by atoms with Crippen LogP contribution in [0.4, 0.5) is 0 Å². The smallest absolute Gasteiger partial charge is 0.0620 e. The topological polar surface area (TPSA) is 24.5 Å². The highest BCUT2D eigenvalue weighted by Crippen LogP contribution is 2.48. The molecule has 0 spiro atoms. The van der Waals surface area contributed by atoms with Gasteiger partial charge < -0.3 is 15.0 Å². The number of morpholine rings is 1. The first-order valence-electron chi connectivity index (χ1n) is 8.23. The van der Waals surface area contributed by atoms with E-state index in [0.717, 1.165) is 37.5 Å². The van der Waals surface area contributed by atoms with Crippen molar-refractivity contribution < 1.29 is 4.74 Å². The Morgan fingerprint density at radius 1 is 1.32 bits per heavy atom. The highest BCUT2D eigenvalue weighted by molar-refractivity contribution is 4.91. The average Bonchev–Trinajstić information content (AvgIpc) is 3.02. The van der Waals surface area contributed by atoms with Gasteiger partial charge in [0.2, 0.25) is 0 Å². The van der Waals surface area contributed by atoms with Gasteiger partial charge in [0.1, 0.15) is 0 Å². The van der Waals surface area contributed by atoms with E-state index in [1.807, 2.05) is 0 Å². The summed E-state index contributed by atoms with van der Waals surface area (Å²) in [6, 6.07) is 1.23. The van der Waals surface area contributed by atoms with Crippen LogP contribution in [-0.2, 0) is 4.74 Å². The van der Waals surface area contributed by atoms with Gasteiger partial charge in [-0.15, -0.1) is 0 Å². The number of nitrogens with zero attached hydrogens (tertiary/aromatic N) is 1. The maximum Gasteiger partial charge on any atom is 0.0620 e. The molecule has 5 atom stereocenters. The van der Waals surface area contributed by atoms with Crippen LogP contribution in [0.15, 0.2) is 0 Å². The van der Waals surface area contributed by atoms with E-state index in [0.29, 0.717) is 12.1 Å². The molecule has 3 nitrogen and oxygen atoms in total. The van der Waals surface area contributed by atoms with E-state index in [9.17, 15) is 0 Å². The maximum absolute atomic E-state index is 5.56. The van der Waals surface area contributed by atoms with Gasteiger partial charge >= 0.3 is 0 Å². The Morgan fingerprint density at radius 2 is 2.21 bits per heavy atom. The molecule has 110 valence electrons. The van der Waals surface area contributed by atoms with Gasteiger partial charge in [0.05, 0.1) is 13.2 Å². The fraction of sp³-hybridized carbons (Fsp3) is 1.00. The minimum atomic E-state index is 0.561. The molecule has 0 aromatic carbocycles. The van der Waals surface area contributed by atoms with Crippen molar-refractivity contribution in [1.29, 1.82) is 0 Å². The van der Waals surface area contributed by atoms with Crippen molar-refractivity contribution in [2.45, 2.75) is 51.1 Å². The minimum Gasteiger partial charge on any atom is -0.379 e. The Kier molecular flexibility index (Phi) is 4.45. The molecule has 2 bridgehead atoms. The minimum absolute atomic E-state index is 0.561. The monoisotopic (exact) mass is 266 g/mol. The Bertz CT molecular complexity index is 290. The zero-order valence-corrected chi connectivity index (χ0v) is 12.6. The lowest BCUT2D eigenvalue weighted by molar-refractivity contribution is 0.0619. The van der Waals surface area contributed by atoms with Crippen LogP contribution in [0.25, 0.3) is 0 Å². The van der Waals surface area contributed by atoms with Crippen LogP contribution in [0.3, 0.4) is 0 Å². The van der Waals surface area contributed by atoms with Gasteiger partial charge in [0.25, 0.3) is 0 Å². The molecule has 0 aromatic heterocycles. The van der Waals surface area contributed by atoms with Gasteiger partial charge in [-0.1, -0.05) is 6.42 Å². The maximum atomic E-state index is 5.56. The van der Waals surface area contributed by atoms with E-state index < -0.39 is 0 Å². The summed E-state index contributed by atoms with van der Waals surface area (Å²) >= 11 is 0. The number of hydrogen-bond donors (Lipinski definition) is 1. The molecule has 1 heterocycles. The standard InChI is InChI=1S/C16H30N2O/c1-12(7-16-11-19-6-5-17-16)18(2)10-15-9-13-3-4-14(15)8-13/h12-17H,3-11H2,1-2H3. The van der Waals surface area contributed by atoms with E-state index in [4.69, 9.17) is 4.74 Å². The van der Waals surface area contributed by atoms with E-state index >= 15 is 0 Å². The molecule has 1 aliphatic heterocycles. The molecule has 3 aliphatic rings. The molecule has 0 aromatic rings. The van der Waals surface area contributed by atoms with E-state index in [2.05, 4.69) is 24.2 Å². The van der Waals surface area contributed by atoms with Crippen molar-refractivity contribution in [3.63, 3.8) is 0 Å². The summed E-state index contributed by atoms with van der Waals surface area (Å²) in [4.78, 5) is 2.60. The summed E-state index contributed by atoms with van der Waals surface area (Å²) in [6.07, 6.45) is 7.29. The van der Waals surface area contributed by atoms with Crippen molar-refractivity contribution in [3.05, 3.63) is 0 Å². The predicted molar refractivity (Wildman–Crippen MR) is 78.3 cm³/mol. The second-order valence-electron chi connectivity index (χ2n) is 7.19. The Hall–Kier alpha value is -0.120. The van der Waals surface area contributed by atoms with Crippen molar-refractivity contribution in [2.24, 2.45) is 17.8 Å². The van der Waals surface area contributed by atoms with Crippen LogP contribution >= 0.6 is 0 Å². The molecule has 1 N–H and O–H groups in total. The lowest BCUT2D eigenvalue weighted by atomic mass is 9.88. The predicted octanol–water partition coefficient (Wildman–Crippen LogP) is 2.12. The van der Waals surface area contributed by atoms with Crippen LogP contribution in [0.1, 0.15) is 39.0 Å². The quantitative estimate of drug-likeness (QED) is 0.825. The highest BCUT2D eigenvalue weighted by Gasteiger charge is 2.39. The van der Waals surface area contributed by atoms with E-state index in [-0.39, 0.29) is 0 Å². The molecule has 19 heavy (non-hydrogen) atoms. The zero-order chi connectivity index (χ0) is 13.2. The fourth-order valence-corrected chi connectivity index (χ4v) is 4.51. The second kappa shape index (κ2) is 6.11. The Balaban J connectivity index is 1.42. The number of fused-ring (bicyclic) bond motifs is 2. The first-order valence-corrected chi connectivity index (χ1v) is 8.23. The summed E-state index contributed by atoms with van der Waals surface area (Å²) < 4.78 is 5.56. The summed E-state index contributed by atoms with van der Waals surface area (Å²) in [7, 11) is 2.32. The van der Waals surface area contributed by atoms with Gasteiger partial charge in [-0.2, -0.15) is 0 Å². The third-order valence-electron chi connectivity index (χ3n) is 5.78. The van der Waals surface area contributed by atoms with Crippen molar-refractivity contribution in [2.75, 3.05) is 33.4 Å². The molecule has 2 saturated carbocycles. The second-order valence-corrected chi connectivity index (χ2v) is 7.19. The summed E-state index contributed by atoms with van der Waals surface area (Å²) in [6.45, 7) is 6.49. The molecule has 0 radical (unpaired) electrons. The number of hydrogen-bond acceptors (Lipinski definition) is 3. The van der Waals surface area contributed by atoms with Crippen LogP contribution in [0.2, 0.25) is 0 Å². The number of rotatable bonds is 5. The molecule has 3 heteroatoms. The van der Waals surface area contributed by atoms with Crippen molar-refractivity contribution in [1.82, 2.24) is 10.2 Å². The van der Waals surface area contributed by atoms with Gasteiger partial charge in [-0.3, -0.25) is 0 Å². The van der Waals surface area contributed by atoms with Gasteiger partial charge in [-0.25, -0.2) is 0 Å². The molecular weight excluding hydrogens is 236 g/mol. The molecule has 1 saturated heterocycles. The largest absolute Gasteiger partial charge is 0.379 e. The van der Waals surface area contributed by atoms with E-state index in [1.165, 1.54) is 38.6 Å². The lowest BCUT2D eigenvalue weighted by Gasteiger charge is -2.34. The fourth-order valence-electron chi connectivity index (χ4n) is 4.51. The summed E-state index contributed by atoms with van der Waals surface area (Å²) in [5.74, 6) is 3.12. The molecule has 2 aliphatic carbocycles. The molecule has 3 rings (SSSR count). The summed E-state index contributed by atoms with van der Waals surface area (Å²) in [5, 5.41) is 3.57. The normalized spacial score (nSPS) is 39.9. The number of nitrogens with one attached hydrogen (secondary N) is 1. The Morgan fingerprint density at radius 3 is 2.84 bits per heavy atom. The summed E-state index contributed by atoms with van der Waals surface area (Å²) in [5.41, 5.74) is 0. The first-order chi connectivity index (χ1) is 9.22. The first kappa shape index (κ1) is 13.8. The third kappa shape index (κ3) is 3.32. The van der Waals surface area contributed by atoms with Gasteiger partial charge in [0.15, 0.2) is 0 Å². The SMILES string of the molecule is CC(CC1COCCN1)N(C)CC1CC2CCC1C2. The van der Waals surface area contributed by atoms with Crippen molar-refractivity contribution >= 4 is 0 Å². The lowest BCUT2D eigenvalue weighted by Crippen LogP contribution is -2.46. The molecule has 5 unspecified atom stereocenters. The van der Waals surface area contributed by atoms with Gasteiger partial charge in [-0.05, 0) is 57.4 Å². The van der Waals surface area contributed by atoms with Crippen LogP contribution in [0, 0.1) is 17.8 Å². The Labute approximate surface area is 118 Å². The highest BCUT2D eigenvalue weighted by atomic mass is 16.5. The van der Waals surface area contributed by atoms with Crippen LogP contribution in [0.5, 0.6) is 0 Å². The molecule has 0 amide bonds. The number of ether oxygens (including phenoxy) is 1. The molecular formula is C16H30N2O. The van der Waals surface area contributed by atoms with E-state index in [1.54, 1.807) is 0 Å².